The molecule has 35 heavy (non-hydrogen) atoms. The van der Waals surface area contributed by atoms with Gasteiger partial charge in [0, 0.05) is 64.5 Å². The van der Waals surface area contributed by atoms with Crippen LogP contribution < -0.4 is 5.63 Å². The van der Waals surface area contributed by atoms with Crippen LogP contribution in [0.1, 0.15) is 27.8 Å². The van der Waals surface area contributed by atoms with E-state index < -0.39 is 5.63 Å². The lowest BCUT2D eigenvalue weighted by Gasteiger charge is -2.34. The van der Waals surface area contributed by atoms with Crippen LogP contribution >= 0.6 is 0 Å². The molecule has 2 aromatic carbocycles. The van der Waals surface area contributed by atoms with Crippen molar-refractivity contribution >= 4 is 6.08 Å². The fourth-order valence-corrected chi connectivity index (χ4v) is 4.98. The number of hydrogen-bond acceptors (Lipinski definition) is 6. The monoisotopic (exact) mass is 471 g/mol. The van der Waals surface area contributed by atoms with Gasteiger partial charge in [-0.05, 0) is 23.1 Å². The third-order valence-electron chi connectivity index (χ3n) is 7.07. The lowest BCUT2D eigenvalue weighted by molar-refractivity contribution is 0.134. The van der Waals surface area contributed by atoms with Crippen molar-refractivity contribution in [3.05, 3.63) is 105 Å². The first-order valence-corrected chi connectivity index (χ1v) is 12.4. The van der Waals surface area contributed by atoms with Gasteiger partial charge in [-0.25, -0.2) is 4.79 Å². The zero-order valence-electron chi connectivity index (χ0n) is 20.1. The van der Waals surface area contributed by atoms with Crippen LogP contribution in [0.15, 0.2) is 76.1 Å². The minimum atomic E-state index is -0.441. The summed E-state index contributed by atoms with van der Waals surface area (Å²) in [6.07, 6.45) is 6.78. The maximum absolute atomic E-state index is 12.5. The van der Waals surface area contributed by atoms with Gasteiger partial charge in [0.2, 0.25) is 0 Å². The van der Waals surface area contributed by atoms with Gasteiger partial charge in [0.1, 0.15) is 12.0 Å². The van der Waals surface area contributed by atoms with Crippen molar-refractivity contribution in [1.82, 2.24) is 14.7 Å². The van der Waals surface area contributed by atoms with E-state index in [1.54, 1.807) is 0 Å². The Morgan fingerprint density at radius 2 is 1.54 bits per heavy atom. The fraction of sp³-hybridized carbons (Fsp3) is 0.345. The summed E-state index contributed by atoms with van der Waals surface area (Å²) in [5.41, 5.74) is 4.54. The van der Waals surface area contributed by atoms with Crippen LogP contribution in [0.2, 0.25) is 0 Å². The summed E-state index contributed by atoms with van der Waals surface area (Å²) in [6, 6.07) is 18.8. The predicted molar refractivity (Wildman–Crippen MR) is 138 cm³/mol. The number of nitrogens with zero attached hydrogens (tertiary/aromatic N) is 3. The van der Waals surface area contributed by atoms with Crippen molar-refractivity contribution in [2.45, 2.75) is 26.1 Å². The van der Waals surface area contributed by atoms with E-state index in [0.29, 0.717) is 24.2 Å². The molecule has 0 amide bonds. The smallest absolute Gasteiger partial charge is 0.343 e. The minimum Gasteiger partial charge on any atom is -0.507 e. The Kier molecular flexibility index (Phi) is 7.42. The van der Waals surface area contributed by atoms with Gasteiger partial charge in [-0.15, -0.1) is 0 Å². The van der Waals surface area contributed by atoms with Crippen LogP contribution in [0.25, 0.3) is 6.08 Å². The molecule has 0 radical (unpaired) electrons. The Bertz CT molecular complexity index is 1210. The molecule has 5 rings (SSSR count). The van der Waals surface area contributed by atoms with Crippen LogP contribution in [-0.4, -0.2) is 59.1 Å². The van der Waals surface area contributed by atoms with Gasteiger partial charge in [0.25, 0.3) is 0 Å². The molecular formula is C29H33N3O3. The highest BCUT2D eigenvalue weighted by atomic mass is 16.4. The number of rotatable bonds is 7. The second-order valence-corrected chi connectivity index (χ2v) is 9.49. The van der Waals surface area contributed by atoms with Gasteiger partial charge < -0.3 is 9.52 Å². The van der Waals surface area contributed by atoms with Crippen LogP contribution in [0.5, 0.6) is 5.75 Å². The molecule has 0 aliphatic carbocycles. The van der Waals surface area contributed by atoms with E-state index in [9.17, 15) is 9.90 Å². The maximum Gasteiger partial charge on any atom is 0.343 e. The number of hydrogen-bond donors (Lipinski definition) is 1. The second kappa shape index (κ2) is 11.0. The molecule has 0 unspecified atom stereocenters. The van der Waals surface area contributed by atoms with Gasteiger partial charge in [0.05, 0.1) is 5.56 Å². The maximum atomic E-state index is 12.5. The van der Waals surface area contributed by atoms with Crippen molar-refractivity contribution in [1.29, 1.82) is 0 Å². The van der Waals surface area contributed by atoms with Gasteiger partial charge in [-0.3, -0.25) is 14.7 Å². The zero-order chi connectivity index (χ0) is 24.0. The Labute approximate surface area is 206 Å². The van der Waals surface area contributed by atoms with Crippen molar-refractivity contribution in [3.8, 4) is 5.75 Å². The Morgan fingerprint density at radius 1 is 0.829 bits per heavy atom. The third kappa shape index (κ3) is 5.90. The molecule has 0 bridgehead atoms. The zero-order valence-corrected chi connectivity index (χ0v) is 20.1. The molecule has 1 saturated heterocycles. The van der Waals surface area contributed by atoms with Crippen molar-refractivity contribution in [3.63, 3.8) is 0 Å². The topological polar surface area (TPSA) is 60.2 Å². The molecule has 0 saturated carbocycles. The van der Waals surface area contributed by atoms with Crippen LogP contribution in [0, 0.1) is 0 Å². The van der Waals surface area contributed by atoms with E-state index in [2.05, 4.69) is 63.2 Å². The molecule has 6 heteroatoms. The normalized spacial score (nSPS) is 17.6. The van der Waals surface area contributed by atoms with E-state index in [1.165, 1.54) is 23.0 Å². The van der Waals surface area contributed by atoms with E-state index >= 15 is 0 Å². The summed E-state index contributed by atoms with van der Waals surface area (Å²) < 4.78 is 5.35. The number of fused-ring (bicyclic) bond motifs is 1. The molecule has 182 valence electrons. The van der Waals surface area contributed by atoms with Crippen molar-refractivity contribution < 1.29 is 9.52 Å². The van der Waals surface area contributed by atoms with Gasteiger partial charge in [-0.2, -0.15) is 0 Å². The molecule has 1 fully saturated rings. The number of piperazine rings is 1. The highest BCUT2D eigenvalue weighted by molar-refractivity contribution is 5.48. The SMILES string of the molecule is O=c1occ(CN2CCc3ccccc3C2)c(O)c1CN1CCN(C/C=C/c2ccccc2)CC1. The summed E-state index contributed by atoms with van der Waals surface area (Å²) in [6.45, 7) is 7.21. The average molecular weight is 472 g/mol. The lowest BCUT2D eigenvalue weighted by atomic mass is 9.99. The molecule has 0 atom stereocenters. The summed E-state index contributed by atoms with van der Waals surface area (Å²) in [7, 11) is 0. The first-order chi connectivity index (χ1) is 17.2. The fourth-order valence-electron chi connectivity index (χ4n) is 4.98. The van der Waals surface area contributed by atoms with Gasteiger partial charge in [0.15, 0.2) is 0 Å². The molecule has 0 spiro atoms. The molecule has 2 aliphatic rings. The second-order valence-electron chi connectivity index (χ2n) is 9.49. The molecule has 1 N–H and O–H groups in total. The molecule has 3 aromatic rings. The van der Waals surface area contributed by atoms with Crippen LogP contribution in [0.3, 0.4) is 0 Å². The van der Waals surface area contributed by atoms with Crippen molar-refractivity contribution in [2.24, 2.45) is 0 Å². The molecule has 2 aliphatic heterocycles. The lowest BCUT2D eigenvalue weighted by Crippen LogP contribution is -2.46. The molecule has 3 heterocycles. The quantitative estimate of drug-likeness (QED) is 0.567. The minimum absolute atomic E-state index is 0.0910. The summed E-state index contributed by atoms with van der Waals surface area (Å²) in [4.78, 5) is 19.4. The van der Waals surface area contributed by atoms with Gasteiger partial charge in [-0.1, -0.05) is 66.7 Å². The van der Waals surface area contributed by atoms with Crippen LogP contribution in [0.4, 0.5) is 0 Å². The largest absolute Gasteiger partial charge is 0.507 e. The Hall–Kier alpha value is -3.19. The number of benzene rings is 2. The summed E-state index contributed by atoms with van der Waals surface area (Å²) >= 11 is 0. The highest BCUT2D eigenvalue weighted by Gasteiger charge is 2.23. The van der Waals surface area contributed by atoms with Gasteiger partial charge >= 0.3 is 5.63 Å². The third-order valence-corrected chi connectivity index (χ3v) is 7.07. The standard InChI is InChI=1S/C29H33N3O3/c33-28-26(20-32-14-12-24-10-4-5-11-25(24)19-32)22-35-29(34)27(28)21-31-17-15-30(16-18-31)13-6-9-23-7-2-1-3-8-23/h1-11,22,33H,12-21H2/b9-6+. The predicted octanol–water partition coefficient (Wildman–Crippen LogP) is 3.73. The summed E-state index contributed by atoms with van der Waals surface area (Å²) in [5.74, 6) is 0.0910. The molecular weight excluding hydrogens is 438 g/mol. The van der Waals surface area contributed by atoms with E-state index in [1.807, 2.05) is 18.2 Å². The molecule has 1 aromatic heterocycles. The van der Waals surface area contributed by atoms with Crippen LogP contribution in [-0.2, 0) is 26.1 Å². The van der Waals surface area contributed by atoms with E-state index in [4.69, 9.17) is 4.42 Å². The average Bonchev–Trinajstić information content (AvgIpc) is 2.90. The molecule has 6 nitrogen and oxygen atoms in total. The number of aromatic hydroxyl groups is 1. The Balaban J connectivity index is 1.16. The van der Waals surface area contributed by atoms with E-state index in [0.717, 1.165) is 52.2 Å². The van der Waals surface area contributed by atoms with Crippen molar-refractivity contribution in [2.75, 3.05) is 39.3 Å². The first kappa shape index (κ1) is 23.5. The van der Waals surface area contributed by atoms with E-state index in [-0.39, 0.29) is 5.75 Å². The Morgan fingerprint density at radius 3 is 2.34 bits per heavy atom. The first-order valence-electron chi connectivity index (χ1n) is 12.4. The summed E-state index contributed by atoms with van der Waals surface area (Å²) in [5, 5.41) is 11.0. The highest BCUT2D eigenvalue weighted by Crippen LogP contribution is 2.26.